The number of hydrogen-bond donors (Lipinski definition) is 1. The van der Waals surface area contributed by atoms with Crippen LogP contribution in [0.3, 0.4) is 0 Å². The minimum Gasteiger partial charge on any atom is -0.361 e. The summed E-state index contributed by atoms with van der Waals surface area (Å²) in [6, 6.07) is 10.0. The molecule has 1 atom stereocenters. The molecule has 0 unspecified atom stereocenters. The van der Waals surface area contributed by atoms with Gasteiger partial charge in [0.2, 0.25) is 6.54 Å². The SMILES string of the molecule is O=[N+]([O-])C[C@@](c1cccc(F)c1)(c1c[nH]c2ccccc12)C(F)(F)F. The Balaban J connectivity index is 2.40. The number of aromatic nitrogens is 1. The van der Waals surface area contributed by atoms with E-state index in [4.69, 9.17) is 0 Å². The molecule has 3 aromatic rings. The predicted octanol–water partition coefficient (Wildman–Crippen LogP) is 4.43. The number of nitro groups is 1. The lowest BCUT2D eigenvalue weighted by Crippen LogP contribution is -2.48. The molecule has 1 heterocycles. The zero-order valence-electron chi connectivity index (χ0n) is 12.7. The second-order valence-corrected chi connectivity index (χ2v) is 5.65. The number of rotatable bonds is 4. The number of nitrogens with one attached hydrogen (secondary N) is 1. The highest BCUT2D eigenvalue weighted by atomic mass is 19.4. The van der Waals surface area contributed by atoms with E-state index >= 15 is 0 Å². The van der Waals surface area contributed by atoms with E-state index in [-0.39, 0.29) is 10.9 Å². The van der Waals surface area contributed by atoms with Crippen LogP contribution in [-0.2, 0) is 5.41 Å². The van der Waals surface area contributed by atoms with E-state index < -0.39 is 34.4 Å². The van der Waals surface area contributed by atoms with Gasteiger partial charge in [-0.3, -0.25) is 10.1 Å². The fraction of sp³-hybridized carbons (Fsp3) is 0.176. The fourth-order valence-corrected chi connectivity index (χ4v) is 3.11. The second-order valence-electron chi connectivity index (χ2n) is 5.65. The molecule has 0 bridgehead atoms. The van der Waals surface area contributed by atoms with E-state index in [1.165, 1.54) is 6.07 Å². The summed E-state index contributed by atoms with van der Waals surface area (Å²) in [5.41, 5.74) is -3.39. The number of halogens is 4. The Bertz CT molecular complexity index is 936. The minimum absolute atomic E-state index is 0.200. The first-order valence-electron chi connectivity index (χ1n) is 7.27. The maximum atomic E-state index is 14.2. The Labute approximate surface area is 139 Å². The van der Waals surface area contributed by atoms with Crippen LogP contribution in [0.15, 0.2) is 54.7 Å². The van der Waals surface area contributed by atoms with Crippen molar-refractivity contribution >= 4 is 10.9 Å². The molecule has 1 aromatic heterocycles. The molecular formula is C17H12F4N2O2. The van der Waals surface area contributed by atoms with Crippen LogP contribution in [0.25, 0.3) is 10.9 Å². The average molecular weight is 352 g/mol. The first kappa shape index (κ1) is 16.9. The summed E-state index contributed by atoms with van der Waals surface area (Å²) >= 11 is 0. The average Bonchev–Trinajstić information content (AvgIpc) is 2.95. The number of nitrogens with zero attached hydrogens (tertiary/aromatic N) is 1. The molecule has 0 saturated carbocycles. The van der Waals surface area contributed by atoms with Crippen LogP contribution in [0.4, 0.5) is 17.6 Å². The van der Waals surface area contributed by atoms with Crippen LogP contribution in [0, 0.1) is 15.9 Å². The quantitative estimate of drug-likeness (QED) is 0.429. The third-order valence-electron chi connectivity index (χ3n) is 4.22. The summed E-state index contributed by atoms with van der Waals surface area (Å²) in [6.45, 7) is -1.44. The van der Waals surface area contributed by atoms with Gasteiger partial charge in [0.1, 0.15) is 5.82 Å². The Morgan fingerprint density at radius 3 is 2.44 bits per heavy atom. The van der Waals surface area contributed by atoms with Crippen LogP contribution in [0.5, 0.6) is 0 Å². The molecule has 4 nitrogen and oxygen atoms in total. The van der Waals surface area contributed by atoms with Crippen molar-refractivity contribution in [2.45, 2.75) is 11.6 Å². The van der Waals surface area contributed by atoms with Crippen molar-refractivity contribution in [3.05, 3.63) is 81.8 Å². The summed E-state index contributed by atoms with van der Waals surface area (Å²) < 4.78 is 56.2. The van der Waals surface area contributed by atoms with E-state index in [0.717, 1.165) is 24.4 Å². The summed E-state index contributed by atoms with van der Waals surface area (Å²) in [5, 5.41) is 11.4. The predicted molar refractivity (Wildman–Crippen MR) is 83.4 cm³/mol. The molecule has 130 valence electrons. The van der Waals surface area contributed by atoms with Crippen LogP contribution in [-0.4, -0.2) is 22.6 Å². The minimum atomic E-state index is -5.02. The van der Waals surface area contributed by atoms with Gasteiger partial charge in [-0.05, 0) is 23.8 Å². The topological polar surface area (TPSA) is 58.9 Å². The van der Waals surface area contributed by atoms with Gasteiger partial charge >= 0.3 is 6.18 Å². The fourth-order valence-electron chi connectivity index (χ4n) is 3.11. The number of benzene rings is 2. The van der Waals surface area contributed by atoms with Crippen molar-refractivity contribution < 1.29 is 22.5 Å². The smallest absolute Gasteiger partial charge is 0.361 e. The van der Waals surface area contributed by atoms with E-state index in [9.17, 15) is 27.7 Å². The number of hydrogen-bond acceptors (Lipinski definition) is 2. The highest BCUT2D eigenvalue weighted by Gasteiger charge is 2.61. The summed E-state index contributed by atoms with van der Waals surface area (Å²) in [7, 11) is 0. The molecule has 8 heteroatoms. The monoisotopic (exact) mass is 352 g/mol. The zero-order valence-corrected chi connectivity index (χ0v) is 12.7. The Hall–Kier alpha value is -2.90. The highest BCUT2D eigenvalue weighted by Crippen LogP contribution is 2.48. The molecule has 0 spiro atoms. The lowest BCUT2D eigenvalue weighted by atomic mass is 9.73. The van der Waals surface area contributed by atoms with Gasteiger partial charge in [0.05, 0.1) is 0 Å². The molecule has 0 aliphatic rings. The summed E-state index contributed by atoms with van der Waals surface area (Å²) in [4.78, 5) is 12.8. The lowest BCUT2D eigenvalue weighted by Gasteiger charge is -2.32. The number of para-hydroxylation sites is 1. The molecule has 0 saturated heterocycles. The number of fused-ring (bicyclic) bond motifs is 1. The number of aromatic amines is 1. The third-order valence-corrected chi connectivity index (χ3v) is 4.22. The maximum absolute atomic E-state index is 14.2. The van der Waals surface area contributed by atoms with Crippen LogP contribution in [0.1, 0.15) is 11.1 Å². The molecule has 0 aliphatic heterocycles. The van der Waals surface area contributed by atoms with Gasteiger partial charge < -0.3 is 4.98 Å². The van der Waals surface area contributed by atoms with Gasteiger partial charge in [0, 0.05) is 27.6 Å². The Kier molecular flexibility index (Phi) is 3.98. The van der Waals surface area contributed by atoms with Crippen molar-refractivity contribution in [1.82, 2.24) is 4.98 Å². The molecule has 0 fully saturated rings. The molecule has 3 rings (SSSR count). The molecular weight excluding hydrogens is 340 g/mol. The summed E-state index contributed by atoms with van der Waals surface area (Å²) in [6.07, 6.45) is -3.91. The maximum Gasteiger partial charge on any atom is 0.408 e. The number of H-pyrrole nitrogens is 1. The highest BCUT2D eigenvalue weighted by molar-refractivity contribution is 5.85. The van der Waals surface area contributed by atoms with E-state index in [1.54, 1.807) is 18.2 Å². The van der Waals surface area contributed by atoms with Gasteiger partial charge in [0.25, 0.3) is 0 Å². The van der Waals surface area contributed by atoms with Gasteiger partial charge in [-0.15, -0.1) is 0 Å². The van der Waals surface area contributed by atoms with Crippen LogP contribution in [0.2, 0.25) is 0 Å². The van der Waals surface area contributed by atoms with Crippen molar-refractivity contribution in [3.8, 4) is 0 Å². The van der Waals surface area contributed by atoms with Crippen molar-refractivity contribution in [1.29, 1.82) is 0 Å². The van der Waals surface area contributed by atoms with Gasteiger partial charge in [-0.2, -0.15) is 13.2 Å². The first-order valence-corrected chi connectivity index (χ1v) is 7.27. The van der Waals surface area contributed by atoms with Crippen molar-refractivity contribution in [2.75, 3.05) is 6.54 Å². The second kappa shape index (κ2) is 5.87. The Morgan fingerprint density at radius 2 is 1.80 bits per heavy atom. The summed E-state index contributed by atoms with van der Waals surface area (Å²) in [5.74, 6) is -0.894. The molecule has 0 aliphatic carbocycles. The van der Waals surface area contributed by atoms with Crippen LogP contribution < -0.4 is 0 Å². The van der Waals surface area contributed by atoms with E-state index in [2.05, 4.69) is 4.98 Å². The van der Waals surface area contributed by atoms with E-state index in [1.807, 2.05) is 0 Å². The normalized spacial score (nSPS) is 14.4. The lowest BCUT2D eigenvalue weighted by molar-refractivity contribution is -0.498. The Morgan fingerprint density at radius 1 is 1.08 bits per heavy atom. The van der Waals surface area contributed by atoms with Gasteiger partial charge in [-0.1, -0.05) is 30.3 Å². The van der Waals surface area contributed by atoms with Gasteiger partial charge in [-0.25, -0.2) is 4.39 Å². The van der Waals surface area contributed by atoms with Crippen LogP contribution >= 0.6 is 0 Å². The first-order chi connectivity index (χ1) is 11.8. The number of alkyl halides is 3. The molecule has 1 N–H and O–H groups in total. The molecule has 2 aromatic carbocycles. The molecule has 25 heavy (non-hydrogen) atoms. The molecule has 0 radical (unpaired) electrons. The third kappa shape index (κ3) is 2.73. The van der Waals surface area contributed by atoms with E-state index in [0.29, 0.717) is 11.6 Å². The van der Waals surface area contributed by atoms with Gasteiger partial charge in [0.15, 0.2) is 5.41 Å². The standard InChI is InChI=1S/C17H12F4N2O2/c18-12-5-3-4-11(8-12)16(10-23(24)25,17(19,20)21)14-9-22-15-7-2-1-6-13(14)15/h1-9,22H,10H2/t16-/m1/s1. The van der Waals surface area contributed by atoms with Crippen molar-refractivity contribution in [3.63, 3.8) is 0 Å². The largest absolute Gasteiger partial charge is 0.408 e. The van der Waals surface area contributed by atoms with Crippen molar-refractivity contribution in [2.24, 2.45) is 0 Å². The molecule has 0 amide bonds. The zero-order chi connectivity index (χ0) is 18.2.